The van der Waals surface area contributed by atoms with Crippen molar-refractivity contribution in [2.75, 3.05) is 19.8 Å². The summed E-state index contributed by atoms with van der Waals surface area (Å²) in [4.78, 5) is 28.5. The number of nitrogens with one attached hydrogen (secondary N) is 1. The van der Waals surface area contributed by atoms with Crippen molar-refractivity contribution >= 4 is 5.91 Å². The second-order valence-electron chi connectivity index (χ2n) is 6.50. The minimum atomic E-state index is -0.288. The summed E-state index contributed by atoms with van der Waals surface area (Å²) < 4.78 is 17.5. The molecule has 0 aromatic carbocycles. The number of amides is 1. The van der Waals surface area contributed by atoms with E-state index in [1.807, 2.05) is 0 Å². The van der Waals surface area contributed by atoms with E-state index in [1.165, 1.54) is 16.9 Å². The number of nitrogens with zero attached hydrogens (tertiary/aromatic N) is 3. The molecular weight excluding hydrogens is 376 g/mol. The lowest BCUT2D eigenvalue weighted by Crippen LogP contribution is -2.32. The quantitative estimate of drug-likeness (QED) is 0.645. The molecule has 3 aromatic rings. The molecule has 0 bridgehead atoms. The van der Waals surface area contributed by atoms with Gasteiger partial charge in [-0.15, -0.1) is 0 Å². The fourth-order valence-corrected chi connectivity index (χ4v) is 2.90. The summed E-state index contributed by atoms with van der Waals surface area (Å²) in [5.74, 6) is 0.742. The maximum Gasteiger partial charge on any atom is 0.266 e. The molecule has 150 valence electrons. The molecule has 0 saturated carbocycles. The molecule has 1 aliphatic heterocycles. The highest BCUT2D eigenvalue weighted by molar-refractivity contribution is 5.93. The summed E-state index contributed by atoms with van der Waals surface area (Å²) in [5, 5.41) is 7.02. The van der Waals surface area contributed by atoms with E-state index in [1.54, 1.807) is 36.6 Å². The molecule has 9 heteroatoms. The highest BCUT2D eigenvalue weighted by atomic mass is 16.5. The standard InChI is InChI=1S/C20H20N4O5/c25-19-6-4-16(17-2-1-10-28-17)23-24(19)9-8-21-20(26)14-3-5-18(22-12-14)29-15-7-11-27-13-15/h1-6,10,12,15H,7-9,11,13H2,(H,21,26). The molecule has 9 nitrogen and oxygen atoms in total. The Labute approximate surface area is 166 Å². The van der Waals surface area contributed by atoms with Crippen LogP contribution >= 0.6 is 0 Å². The lowest BCUT2D eigenvalue weighted by Gasteiger charge is -2.11. The van der Waals surface area contributed by atoms with Gasteiger partial charge in [0.2, 0.25) is 5.88 Å². The van der Waals surface area contributed by atoms with Crippen molar-refractivity contribution in [3.8, 4) is 17.3 Å². The van der Waals surface area contributed by atoms with Crippen LogP contribution in [-0.2, 0) is 11.3 Å². The Morgan fingerprint density at radius 3 is 2.93 bits per heavy atom. The zero-order valence-corrected chi connectivity index (χ0v) is 15.6. The number of ether oxygens (including phenoxy) is 2. The van der Waals surface area contributed by atoms with Gasteiger partial charge in [0.15, 0.2) is 5.76 Å². The Morgan fingerprint density at radius 2 is 2.21 bits per heavy atom. The summed E-state index contributed by atoms with van der Waals surface area (Å²) in [6, 6.07) is 9.84. The van der Waals surface area contributed by atoms with Gasteiger partial charge >= 0.3 is 0 Å². The van der Waals surface area contributed by atoms with Crippen LogP contribution in [0, 0.1) is 0 Å². The Balaban J connectivity index is 1.32. The van der Waals surface area contributed by atoms with Gasteiger partial charge in [-0.2, -0.15) is 5.10 Å². The number of aromatic nitrogens is 3. The van der Waals surface area contributed by atoms with Crippen molar-refractivity contribution in [3.63, 3.8) is 0 Å². The van der Waals surface area contributed by atoms with E-state index in [9.17, 15) is 9.59 Å². The van der Waals surface area contributed by atoms with Crippen molar-refractivity contribution in [1.29, 1.82) is 0 Å². The number of pyridine rings is 1. The number of carbonyl (C=O) groups excluding carboxylic acids is 1. The Hall–Kier alpha value is -3.46. The predicted molar refractivity (Wildman–Crippen MR) is 103 cm³/mol. The van der Waals surface area contributed by atoms with Gasteiger partial charge < -0.3 is 19.2 Å². The predicted octanol–water partition coefficient (Wildman–Crippen LogP) is 1.50. The van der Waals surface area contributed by atoms with E-state index in [0.29, 0.717) is 36.1 Å². The van der Waals surface area contributed by atoms with Crippen molar-refractivity contribution in [1.82, 2.24) is 20.1 Å². The molecule has 4 rings (SSSR count). The highest BCUT2D eigenvalue weighted by Crippen LogP contribution is 2.15. The van der Waals surface area contributed by atoms with Gasteiger partial charge in [-0.05, 0) is 24.3 Å². The first kappa shape index (κ1) is 18.9. The van der Waals surface area contributed by atoms with Crippen LogP contribution in [0.25, 0.3) is 11.5 Å². The zero-order valence-electron chi connectivity index (χ0n) is 15.6. The van der Waals surface area contributed by atoms with Crippen LogP contribution in [-0.4, -0.2) is 46.5 Å². The lowest BCUT2D eigenvalue weighted by molar-refractivity contribution is 0.0951. The van der Waals surface area contributed by atoms with Gasteiger partial charge in [0.25, 0.3) is 11.5 Å². The second-order valence-corrected chi connectivity index (χ2v) is 6.50. The van der Waals surface area contributed by atoms with Crippen molar-refractivity contribution < 1.29 is 18.7 Å². The second kappa shape index (κ2) is 8.70. The van der Waals surface area contributed by atoms with Gasteiger partial charge in [-0.25, -0.2) is 9.67 Å². The first-order chi connectivity index (χ1) is 14.2. The first-order valence-corrected chi connectivity index (χ1v) is 9.30. The lowest BCUT2D eigenvalue weighted by atomic mass is 10.2. The van der Waals surface area contributed by atoms with Crippen LogP contribution in [0.5, 0.6) is 5.88 Å². The van der Waals surface area contributed by atoms with E-state index in [2.05, 4.69) is 15.4 Å². The molecule has 1 unspecified atom stereocenters. The molecule has 3 aromatic heterocycles. The highest BCUT2D eigenvalue weighted by Gasteiger charge is 2.18. The van der Waals surface area contributed by atoms with Gasteiger partial charge in [-0.3, -0.25) is 9.59 Å². The Kier molecular flexibility index (Phi) is 5.66. The van der Waals surface area contributed by atoms with Crippen molar-refractivity contribution in [2.24, 2.45) is 0 Å². The number of furan rings is 1. The number of rotatable bonds is 7. The largest absolute Gasteiger partial charge is 0.472 e. The van der Waals surface area contributed by atoms with E-state index < -0.39 is 0 Å². The molecule has 4 heterocycles. The van der Waals surface area contributed by atoms with Crippen molar-refractivity contribution in [2.45, 2.75) is 19.1 Å². The van der Waals surface area contributed by atoms with Crippen LogP contribution in [0.2, 0.25) is 0 Å². The van der Waals surface area contributed by atoms with E-state index in [4.69, 9.17) is 13.9 Å². The van der Waals surface area contributed by atoms with Gasteiger partial charge in [0.1, 0.15) is 11.8 Å². The SMILES string of the molecule is O=C(NCCn1nc(-c2ccco2)ccc1=O)c1ccc(OC2CCOC2)nc1. The summed E-state index contributed by atoms with van der Waals surface area (Å²) in [5.41, 5.74) is 0.701. The average Bonchev–Trinajstić information content (AvgIpc) is 3.44. The molecule has 1 saturated heterocycles. The first-order valence-electron chi connectivity index (χ1n) is 9.30. The fraction of sp³-hybridized carbons (Fsp3) is 0.300. The van der Waals surface area contributed by atoms with E-state index in [-0.39, 0.29) is 30.7 Å². The number of hydrogen-bond donors (Lipinski definition) is 1. The third-order valence-corrected chi connectivity index (χ3v) is 4.42. The van der Waals surface area contributed by atoms with Crippen LogP contribution in [0.15, 0.2) is 58.1 Å². The summed E-state index contributed by atoms with van der Waals surface area (Å²) in [7, 11) is 0. The van der Waals surface area contributed by atoms with Crippen molar-refractivity contribution in [3.05, 3.63) is 64.8 Å². The zero-order chi connectivity index (χ0) is 20.1. The molecule has 0 radical (unpaired) electrons. The smallest absolute Gasteiger partial charge is 0.266 e. The van der Waals surface area contributed by atoms with Crippen LogP contribution in [0.4, 0.5) is 0 Å². The van der Waals surface area contributed by atoms with E-state index >= 15 is 0 Å². The molecule has 1 atom stereocenters. The van der Waals surface area contributed by atoms with Crippen LogP contribution < -0.4 is 15.6 Å². The minimum absolute atomic E-state index is 0.00456. The Morgan fingerprint density at radius 1 is 1.28 bits per heavy atom. The normalized spacial score (nSPS) is 15.9. The molecule has 0 spiro atoms. The van der Waals surface area contributed by atoms with Gasteiger partial charge in [0, 0.05) is 31.3 Å². The maximum absolute atomic E-state index is 12.3. The third kappa shape index (κ3) is 4.69. The summed E-state index contributed by atoms with van der Waals surface area (Å²) in [6.07, 6.45) is 3.84. The van der Waals surface area contributed by atoms with Gasteiger partial charge in [0.05, 0.1) is 31.6 Å². The molecular formula is C20H20N4O5. The Bertz CT molecular complexity index is 1010. The van der Waals surface area contributed by atoms with Gasteiger partial charge in [-0.1, -0.05) is 0 Å². The number of carbonyl (C=O) groups is 1. The molecule has 1 fully saturated rings. The van der Waals surface area contributed by atoms with E-state index in [0.717, 1.165) is 6.42 Å². The molecule has 29 heavy (non-hydrogen) atoms. The number of hydrogen-bond acceptors (Lipinski definition) is 7. The third-order valence-electron chi connectivity index (χ3n) is 4.42. The maximum atomic E-state index is 12.3. The monoisotopic (exact) mass is 396 g/mol. The van der Waals surface area contributed by atoms with Crippen LogP contribution in [0.3, 0.4) is 0 Å². The molecule has 1 aliphatic rings. The fourth-order valence-electron chi connectivity index (χ4n) is 2.90. The molecule has 1 amide bonds. The minimum Gasteiger partial charge on any atom is -0.472 e. The average molecular weight is 396 g/mol. The molecule has 0 aliphatic carbocycles. The summed E-state index contributed by atoms with van der Waals surface area (Å²) >= 11 is 0. The van der Waals surface area contributed by atoms with Crippen LogP contribution in [0.1, 0.15) is 16.8 Å². The summed E-state index contributed by atoms with van der Waals surface area (Å²) in [6.45, 7) is 1.71. The topological polar surface area (TPSA) is 108 Å². The molecule has 1 N–H and O–H groups in total.